The molecule has 1 aromatic heterocycles. The summed E-state index contributed by atoms with van der Waals surface area (Å²) in [6.07, 6.45) is 2.05. The summed E-state index contributed by atoms with van der Waals surface area (Å²) < 4.78 is 5.69. The third kappa shape index (κ3) is 4.35. The molecule has 0 bridgehead atoms. The number of benzene rings is 1. The van der Waals surface area contributed by atoms with Gasteiger partial charge in [0.2, 0.25) is 5.91 Å². The molecule has 0 aliphatic carbocycles. The highest BCUT2D eigenvalue weighted by Gasteiger charge is 2.02. The maximum atomic E-state index is 11.0. The van der Waals surface area contributed by atoms with Gasteiger partial charge in [-0.1, -0.05) is 6.07 Å². The largest absolute Gasteiger partial charge is 0.463 e. The van der Waals surface area contributed by atoms with Crippen LogP contribution in [-0.4, -0.2) is 12.2 Å². The van der Waals surface area contributed by atoms with Gasteiger partial charge >= 0.3 is 0 Å². The van der Waals surface area contributed by atoms with Crippen LogP contribution >= 0.6 is 11.8 Å². The normalized spacial score (nSPS) is 10.3. The van der Waals surface area contributed by atoms with Gasteiger partial charge in [-0.25, -0.2) is 0 Å². The molecule has 0 aliphatic heterocycles. The molecule has 0 atom stereocenters. The smallest absolute Gasteiger partial charge is 0.221 e. The van der Waals surface area contributed by atoms with E-state index in [1.807, 2.05) is 42.7 Å². The van der Waals surface area contributed by atoms with E-state index in [-0.39, 0.29) is 5.91 Å². The van der Waals surface area contributed by atoms with Crippen molar-refractivity contribution in [2.45, 2.75) is 19.2 Å². The third-order valence-corrected chi connectivity index (χ3v) is 3.23. The predicted molar refractivity (Wildman–Crippen MR) is 84.0 cm³/mol. The topological polar surface area (TPSA) is 54.3 Å². The van der Waals surface area contributed by atoms with Gasteiger partial charge in [-0.3, -0.25) is 4.79 Å². The van der Waals surface area contributed by atoms with Crippen LogP contribution in [0.4, 0.5) is 11.4 Å². The summed E-state index contributed by atoms with van der Waals surface area (Å²) in [5.41, 5.74) is 1.73. The standard InChI is InChI=1S/C15H18N2O2S/c1-11(18)17-13-5-3-4-12(8-13)16-9-14-6-7-15(19-14)10-20-2/h3-8,16H,9-10H2,1-2H3,(H,17,18). The molecule has 5 heteroatoms. The Morgan fingerprint density at radius 2 is 1.95 bits per heavy atom. The van der Waals surface area contributed by atoms with Crippen LogP contribution in [0.1, 0.15) is 18.4 Å². The summed E-state index contributed by atoms with van der Waals surface area (Å²) in [5, 5.41) is 6.04. The summed E-state index contributed by atoms with van der Waals surface area (Å²) >= 11 is 1.74. The number of anilines is 2. The van der Waals surface area contributed by atoms with Crippen molar-refractivity contribution >= 4 is 29.0 Å². The number of carbonyl (C=O) groups excluding carboxylic acids is 1. The Morgan fingerprint density at radius 1 is 1.20 bits per heavy atom. The lowest BCUT2D eigenvalue weighted by Gasteiger charge is -2.07. The van der Waals surface area contributed by atoms with Gasteiger partial charge < -0.3 is 15.1 Å². The number of thioether (sulfide) groups is 1. The van der Waals surface area contributed by atoms with Crippen LogP contribution in [0.25, 0.3) is 0 Å². The first-order valence-corrected chi connectivity index (χ1v) is 7.75. The van der Waals surface area contributed by atoms with E-state index in [2.05, 4.69) is 10.6 Å². The molecule has 0 saturated heterocycles. The van der Waals surface area contributed by atoms with Crippen molar-refractivity contribution in [2.75, 3.05) is 16.9 Å². The first-order chi connectivity index (χ1) is 9.67. The van der Waals surface area contributed by atoms with Crippen LogP contribution in [0.2, 0.25) is 0 Å². The molecule has 4 nitrogen and oxygen atoms in total. The van der Waals surface area contributed by atoms with Gasteiger partial charge in [0.15, 0.2) is 0 Å². The molecule has 1 amide bonds. The van der Waals surface area contributed by atoms with Gasteiger partial charge in [-0.15, -0.1) is 0 Å². The monoisotopic (exact) mass is 290 g/mol. The van der Waals surface area contributed by atoms with E-state index in [1.54, 1.807) is 11.8 Å². The van der Waals surface area contributed by atoms with Crippen LogP contribution < -0.4 is 10.6 Å². The molecule has 0 radical (unpaired) electrons. The maximum absolute atomic E-state index is 11.0. The Balaban J connectivity index is 1.94. The van der Waals surface area contributed by atoms with Crippen molar-refractivity contribution in [2.24, 2.45) is 0 Å². The molecule has 0 spiro atoms. The molecule has 20 heavy (non-hydrogen) atoms. The minimum atomic E-state index is -0.0742. The van der Waals surface area contributed by atoms with Gasteiger partial charge in [0.25, 0.3) is 0 Å². The molecule has 1 heterocycles. The number of hydrogen-bond donors (Lipinski definition) is 2. The minimum absolute atomic E-state index is 0.0742. The number of furan rings is 1. The van der Waals surface area contributed by atoms with Crippen molar-refractivity contribution in [1.82, 2.24) is 0 Å². The van der Waals surface area contributed by atoms with Crippen LogP contribution in [0, 0.1) is 0 Å². The average molecular weight is 290 g/mol. The Kier molecular flexibility index (Phi) is 5.12. The van der Waals surface area contributed by atoms with Crippen molar-refractivity contribution in [3.8, 4) is 0 Å². The van der Waals surface area contributed by atoms with Crippen molar-refractivity contribution in [1.29, 1.82) is 0 Å². The van der Waals surface area contributed by atoms with Crippen molar-refractivity contribution in [3.05, 3.63) is 47.9 Å². The summed E-state index contributed by atoms with van der Waals surface area (Å²) in [5.74, 6) is 2.70. The summed E-state index contributed by atoms with van der Waals surface area (Å²) in [7, 11) is 0. The van der Waals surface area contributed by atoms with Crippen LogP contribution in [0.5, 0.6) is 0 Å². The zero-order chi connectivity index (χ0) is 14.4. The number of hydrogen-bond acceptors (Lipinski definition) is 4. The van der Waals surface area contributed by atoms with Gasteiger partial charge in [-0.2, -0.15) is 11.8 Å². The molecule has 0 saturated carbocycles. The number of amides is 1. The Hall–Kier alpha value is -1.88. The number of rotatable bonds is 6. The van der Waals surface area contributed by atoms with Gasteiger partial charge in [0, 0.05) is 18.3 Å². The fourth-order valence-electron chi connectivity index (χ4n) is 1.84. The maximum Gasteiger partial charge on any atom is 0.221 e. The fraction of sp³-hybridized carbons (Fsp3) is 0.267. The van der Waals surface area contributed by atoms with E-state index in [0.29, 0.717) is 6.54 Å². The highest BCUT2D eigenvalue weighted by molar-refractivity contribution is 7.97. The van der Waals surface area contributed by atoms with E-state index in [0.717, 1.165) is 28.6 Å². The lowest BCUT2D eigenvalue weighted by atomic mass is 10.2. The van der Waals surface area contributed by atoms with Crippen LogP contribution in [0.15, 0.2) is 40.8 Å². The van der Waals surface area contributed by atoms with Gasteiger partial charge in [0.1, 0.15) is 11.5 Å². The van der Waals surface area contributed by atoms with E-state index in [1.165, 1.54) is 6.92 Å². The Labute approximate surface area is 122 Å². The highest BCUT2D eigenvalue weighted by atomic mass is 32.2. The first kappa shape index (κ1) is 14.5. The second-order valence-corrected chi connectivity index (χ2v) is 5.28. The lowest BCUT2D eigenvalue weighted by Crippen LogP contribution is -2.06. The van der Waals surface area contributed by atoms with E-state index in [4.69, 9.17) is 4.42 Å². The van der Waals surface area contributed by atoms with Crippen LogP contribution in [-0.2, 0) is 17.1 Å². The zero-order valence-electron chi connectivity index (χ0n) is 11.6. The fourth-order valence-corrected chi connectivity index (χ4v) is 2.28. The Bertz CT molecular complexity index is 581. The SMILES string of the molecule is CSCc1ccc(CNc2cccc(NC(C)=O)c2)o1. The molecule has 2 aromatic rings. The molecular formula is C15H18N2O2S. The molecule has 0 fully saturated rings. The van der Waals surface area contributed by atoms with Crippen molar-refractivity contribution in [3.63, 3.8) is 0 Å². The molecule has 106 valence electrons. The average Bonchev–Trinajstić information content (AvgIpc) is 2.84. The molecular weight excluding hydrogens is 272 g/mol. The zero-order valence-corrected chi connectivity index (χ0v) is 12.4. The number of carbonyl (C=O) groups is 1. The molecule has 2 rings (SSSR count). The van der Waals surface area contributed by atoms with Gasteiger partial charge in [0.05, 0.1) is 12.3 Å². The number of nitrogens with one attached hydrogen (secondary N) is 2. The van der Waals surface area contributed by atoms with Gasteiger partial charge in [-0.05, 0) is 36.6 Å². The summed E-state index contributed by atoms with van der Waals surface area (Å²) in [6, 6.07) is 11.6. The molecule has 0 unspecified atom stereocenters. The molecule has 0 aliphatic rings. The van der Waals surface area contributed by atoms with E-state index < -0.39 is 0 Å². The molecule has 1 aromatic carbocycles. The predicted octanol–water partition coefficient (Wildman–Crippen LogP) is 3.71. The minimum Gasteiger partial charge on any atom is -0.463 e. The molecule has 2 N–H and O–H groups in total. The third-order valence-electron chi connectivity index (χ3n) is 2.65. The second-order valence-electron chi connectivity index (χ2n) is 4.42. The highest BCUT2D eigenvalue weighted by Crippen LogP contribution is 2.18. The first-order valence-electron chi connectivity index (χ1n) is 6.35. The van der Waals surface area contributed by atoms with E-state index in [9.17, 15) is 4.79 Å². The van der Waals surface area contributed by atoms with E-state index >= 15 is 0 Å². The summed E-state index contributed by atoms with van der Waals surface area (Å²) in [4.78, 5) is 11.0. The van der Waals surface area contributed by atoms with Crippen molar-refractivity contribution < 1.29 is 9.21 Å². The quantitative estimate of drug-likeness (QED) is 0.851. The second kappa shape index (κ2) is 7.05. The lowest BCUT2D eigenvalue weighted by molar-refractivity contribution is -0.114. The summed E-state index contributed by atoms with van der Waals surface area (Å²) in [6.45, 7) is 2.12. The Morgan fingerprint density at radius 3 is 2.70 bits per heavy atom. The van der Waals surface area contributed by atoms with Crippen LogP contribution in [0.3, 0.4) is 0 Å².